The number of benzene rings is 2. The number of amidine groups is 1. The molecule has 0 unspecified atom stereocenters. The molecular weight excluding hydrogens is 572 g/mol. The van der Waals surface area contributed by atoms with E-state index in [1.54, 1.807) is 24.3 Å². The van der Waals surface area contributed by atoms with E-state index in [4.69, 9.17) is 4.74 Å². The third-order valence-corrected chi connectivity index (χ3v) is 8.37. The number of halogens is 6. The van der Waals surface area contributed by atoms with Gasteiger partial charge in [0.15, 0.2) is 5.17 Å². The van der Waals surface area contributed by atoms with Crippen molar-refractivity contribution in [1.29, 1.82) is 0 Å². The Hall–Kier alpha value is -3.36. The van der Waals surface area contributed by atoms with Crippen molar-refractivity contribution in [3.63, 3.8) is 0 Å². The lowest BCUT2D eigenvalue weighted by molar-refractivity contribution is -0.143. The van der Waals surface area contributed by atoms with Crippen LogP contribution >= 0.6 is 11.8 Å². The maximum atomic E-state index is 13.6. The number of hydrogen-bond donors (Lipinski definition) is 0. The summed E-state index contributed by atoms with van der Waals surface area (Å²) in [6.07, 6.45) is -6.69. The Morgan fingerprint density at radius 2 is 1.76 bits per heavy atom. The van der Waals surface area contributed by atoms with E-state index in [0.717, 1.165) is 45.5 Å². The van der Waals surface area contributed by atoms with Gasteiger partial charge >= 0.3 is 12.4 Å². The van der Waals surface area contributed by atoms with Gasteiger partial charge in [0.2, 0.25) is 0 Å². The van der Waals surface area contributed by atoms with E-state index in [0.29, 0.717) is 38.6 Å². The zero-order valence-electron chi connectivity index (χ0n) is 21.4. The number of alkyl halides is 6. The molecule has 0 aliphatic carbocycles. The predicted molar refractivity (Wildman–Crippen MR) is 141 cm³/mol. The van der Waals surface area contributed by atoms with Crippen LogP contribution in [0.1, 0.15) is 22.3 Å². The number of likely N-dealkylation sites (tertiary alicyclic amines) is 1. The molecule has 4 heterocycles. The molecular formula is C27H23F6N5O2S. The number of thioether (sulfide) groups is 1. The molecule has 0 spiro atoms. The molecule has 2 saturated heterocycles. The highest BCUT2D eigenvalue weighted by molar-refractivity contribution is 8.18. The lowest BCUT2D eigenvalue weighted by atomic mass is 10.0. The summed E-state index contributed by atoms with van der Waals surface area (Å²) >= 11 is 1.30. The van der Waals surface area contributed by atoms with Gasteiger partial charge in [-0.3, -0.25) is 14.4 Å². The van der Waals surface area contributed by atoms with Crippen LogP contribution in [0.15, 0.2) is 52.5 Å². The first-order valence-corrected chi connectivity index (χ1v) is 13.6. The van der Waals surface area contributed by atoms with Gasteiger partial charge in [-0.05, 0) is 53.2 Å². The number of hydrogen-bond acceptors (Lipinski definition) is 6. The van der Waals surface area contributed by atoms with Gasteiger partial charge in [-0.25, -0.2) is 0 Å². The average molecular weight is 596 g/mol. The molecule has 0 radical (unpaired) electrons. The first kappa shape index (κ1) is 27.8. The molecule has 3 aliphatic rings. The van der Waals surface area contributed by atoms with Gasteiger partial charge in [0.1, 0.15) is 0 Å². The highest BCUT2D eigenvalue weighted by atomic mass is 32.2. The summed E-state index contributed by atoms with van der Waals surface area (Å²) in [5, 5.41) is 5.43. The van der Waals surface area contributed by atoms with Crippen molar-refractivity contribution in [2.75, 3.05) is 39.4 Å². The molecule has 216 valence electrons. The Balaban J connectivity index is 1.16. The monoisotopic (exact) mass is 595 g/mol. The fourth-order valence-corrected chi connectivity index (χ4v) is 6.04. The summed E-state index contributed by atoms with van der Waals surface area (Å²) in [6.45, 7) is 4.47. The maximum Gasteiger partial charge on any atom is 0.416 e. The van der Waals surface area contributed by atoms with E-state index < -0.39 is 23.5 Å². The van der Waals surface area contributed by atoms with Crippen molar-refractivity contribution in [2.24, 2.45) is 4.99 Å². The summed E-state index contributed by atoms with van der Waals surface area (Å²) in [5.41, 5.74) is -1.87. The molecule has 3 aromatic rings. The van der Waals surface area contributed by atoms with E-state index in [1.165, 1.54) is 22.6 Å². The molecule has 7 nitrogen and oxygen atoms in total. The van der Waals surface area contributed by atoms with Crippen LogP contribution in [0.5, 0.6) is 0 Å². The van der Waals surface area contributed by atoms with E-state index in [1.807, 2.05) is 0 Å². The zero-order chi connectivity index (χ0) is 28.9. The fraction of sp³-hybridized carbons (Fsp3) is 0.370. The third-order valence-electron chi connectivity index (χ3n) is 7.33. The van der Waals surface area contributed by atoms with Crippen LogP contribution in [0.4, 0.5) is 26.3 Å². The predicted octanol–water partition coefficient (Wildman–Crippen LogP) is 5.11. The van der Waals surface area contributed by atoms with E-state index in [-0.39, 0.29) is 24.1 Å². The lowest BCUT2D eigenvalue weighted by Gasteiger charge is -2.47. The SMILES string of the molecule is O=C1N=C(N2CC(N3CCOCC3)C2)SC1=Cc1ccc2c(cnn2Cc2ccc(C(F)(F)F)cc2C(F)(F)F)c1. The second-order valence-corrected chi connectivity index (χ2v) is 11.0. The first-order chi connectivity index (χ1) is 19.5. The van der Waals surface area contributed by atoms with Gasteiger partial charge in [0.25, 0.3) is 5.91 Å². The molecule has 14 heteroatoms. The number of amides is 1. The summed E-state index contributed by atoms with van der Waals surface area (Å²) in [5.74, 6) is -0.336. The topological polar surface area (TPSA) is 63.0 Å². The molecule has 0 saturated carbocycles. The lowest BCUT2D eigenvalue weighted by Crippen LogP contribution is -2.62. The number of rotatable bonds is 4. The Morgan fingerprint density at radius 3 is 2.46 bits per heavy atom. The fourth-order valence-electron chi connectivity index (χ4n) is 5.11. The maximum absolute atomic E-state index is 13.6. The summed E-state index contributed by atoms with van der Waals surface area (Å²) in [7, 11) is 0. The van der Waals surface area contributed by atoms with E-state index in [9.17, 15) is 31.1 Å². The average Bonchev–Trinajstić information content (AvgIpc) is 3.45. The highest BCUT2D eigenvalue weighted by Gasteiger charge is 2.39. The van der Waals surface area contributed by atoms with Crippen molar-refractivity contribution in [3.8, 4) is 0 Å². The molecule has 6 rings (SSSR count). The number of aliphatic imine (C=N–C) groups is 1. The number of morpholine rings is 1. The van der Waals surface area contributed by atoms with Gasteiger partial charge in [-0.15, -0.1) is 0 Å². The Bertz CT molecular complexity index is 1550. The highest BCUT2D eigenvalue weighted by Crippen LogP contribution is 2.38. The van der Waals surface area contributed by atoms with Crippen LogP contribution in [0, 0.1) is 0 Å². The Morgan fingerprint density at radius 1 is 1.00 bits per heavy atom. The molecule has 3 aliphatic heterocycles. The summed E-state index contributed by atoms with van der Waals surface area (Å²) in [4.78, 5) is 21.7. The molecule has 2 aromatic carbocycles. The second-order valence-electron chi connectivity index (χ2n) is 10.0. The van der Waals surface area contributed by atoms with Crippen molar-refractivity contribution in [1.82, 2.24) is 19.6 Å². The quantitative estimate of drug-likeness (QED) is 0.309. The van der Waals surface area contributed by atoms with Gasteiger partial charge in [-0.2, -0.15) is 36.4 Å². The van der Waals surface area contributed by atoms with Crippen molar-refractivity contribution < 1.29 is 35.9 Å². The Kier molecular flexibility index (Phi) is 7.10. The molecule has 41 heavy (non-hydrogen) atoms. The largest absolute Gasteiger partial charge is 0.416 e. The minimum absolute atomic E-state index is 0.126. The number of ether oxygens (including phenoxy) is 1. The zero-order valence-corrected chi connectivity index (χ0v) is 22.2. The molecule has 0 atom stereocenters. The molecule has 1 aromatic heterocycles. The Labute approximate surface area is 234 Å². The summed E-state index contributed by atoms with van der Waals surface area (Å²) < 4.78 is 86.5. The third kappa shape index (κ3) is 5.72. The molecule has 2 fully saturated rings. The second kappa shape index (κ2) is 10.5. The van der Waals surface area contributed by atoms with Crippen LogP contribution in [-0.4, -0.2) is 76.1 Å². The van der Waals surface area contributed by atoms with Gasteiger partial charge in [0, 0.05) is 37.6 Å². The minimum Gasteiger partial charge on any atom is -0.379 e. The van der Waals surface area contributed by atoms with E-state index >= 15 is 0 Å². The van der Waals surface area contributed by atoms with Crippen LogP contribution in [0.3, 0.4) is 0 Å². The number of carbonyl (C=O) groups excluding carboxylic acids is 1. The number of aromatic nitrogens is 2. The van der Waals surface area contributed by atoms with Crippen molar-refractivity contribution in [3.05, 3.63) is 69.8 Å². The normalized spacial score (nSPS) is 20.2. The molecule has 0 N–H and O–H groups in total. The van der Waals surface area contributed by atoms with Crippen molar-refractivity contribution >= 4 is 39.8 Å². The number of nitrogens with zero attached hydrogens (tertiary/aromatic N) is 5. The number of carbonyl (C=O) groups is 1. The smallest absolute Gasteiger partial charge is 0.379 e. The molecule has 1 amide bonds. The molecule has 0 bridgehead atoms. The first-order valence-electron chi connectivity index (χ1n) is 12.8. The minimum atomic E-state index is -4.97. The number of fused-ring (bicyclic) bond motifs is 1. The van der Waals surface area contributed by atoms with Gasteiger partial charge in [-0.1, -0.05) is 12.1 Å². The van der Waals surface area contributed by atoms with Gasteiger partial charge < -0.3 is 9.64 Å². The summed E-state index contributed by atoms with van der Waals surface area (Å²) in [6, 6.07) is 7.11. The van der Waals surface area contributed by atoms with E-state index in [2.05, 4.69) is 19.9 Å². The van der Waals surface area contributed by atoms with Crippen LogP contribution in [0.2, 0.25) is 0 Å². The standard InChI is InChI=1S/C27H23F6N5O2S/c28-26(29,30)19-3-2-17(21(11-19)27(31,32)33)13-38-22-4-1-16(9-18(22)12-34-38)10-23-24(39)35-25(41-23)37-14-20(15-37)36-5-7-40-8-6-36/h1-4,9-12,20H,5-8,13-15H2. The van der Waals surface area contributed by atoms with Crippen molar-refractivity contribution in [2.45, 2.75) is 24.9 Å². The van der Waals surface area contributed by atoms with Gasteiger partial charge in [0.05, 0.1) is 47.5 Å². The van der Waals surface area contributed by atoms with Crippen LogP contribution in [0.25, 0.3) is 17.0 Å². The van der Waals surface area contributed by atoms with Crippen LogP contribution in [-0.2, 0) is 28.4 Å². The van der Waals surface area contributed by atoms with Crippen LogP contribution < -0.4 is 0 Å².